The third-order valence-corrected chi connectivity index (χ3v) is 2.94. The van der Waals surface area contributed by atoms with Gasteiger partial charge in [0.25, 0.3) is 0 Å². The van der Waals surface area contributed by atoms with E-state index in [1.807, 2.05) is 0 Å². The Morgan fingerprint density at radius 1 is 1.37 bits per heavy atom. The van der Waals surface area contributed by atoms with Gasteiger partial charge in [-0.05, 0) is 0 Å². The molecule has 1 aliphatic heterocycles. The van der Waals surface area contributed by atoms with Crippen molar-refractivity contribution in [3.05, 3.63) is 17.7 Å². The molecular weight excluding hydrogens is 242 g/mol. The maximum atomic E-state index is 5.86. The summed E-state index contributed by atoms with van der Waals surface area (Å²) in [5, 5.41) is 3.38. The second-order valence-corrected chi connectivity index (χ2v) is 5.51. The van der Waals surface area contributed by atoms with E-state index in [2.05, 4.69) is 43.0 Å². The molecule has 5 nitrogen and oxygen atoms in total. The molecule has 0 aromatic carbocycles. The summed E-state index contributed by atoms with van der Waals surface area (Å²) >= 11 is 0. The predicted octanol–water partition coefficient (Wildman–Crippen LogP) is 1.88. The van der Waals surface area contributed by atoms with E-state index in [1.165, 1.54) is 0 Å². The summed E-state index contributed by atoms with van der Waals surface area (Å²) < 4.78 is 11.0. The second kappa shape index (κ2) is 6.30. The van der Waals surface area contributed by atoms with Gasteiger partial charge in [0, 0.05) is 18.5 Å². The molecular formula is C14H23N3O2. The number of ether oxygens (including phenoxy) is 2. The molecule has 1 aliphatic rings. The van der Waals surface area contributed by atoms with Gasteiger partial charge >= 0.3 is 0 Å². The van der Waals surface area contributed by atoms with Crippen LogP contribution in [0, 0.1) is 0 Å². The Hall–Kier alpha value is -1.20. The topological polar surface area (TPSA) is 56.3 Å². The zero-order valence-electron chi connectivity index (χ0n) is 12.1. The van der Waals surface area contributed by atoms with E-state index in [0.29, 0.717) is 31.7 Å². The molecule has 0 spiro atoms. The highest BCUT2D eigenvalue weighted by Crippen LogP contribution is 2.21. The predicted molar refractivity (Wildman–Crippen MR) is 73.3 cm³/mol. The molecule has 2 heterocycles. The van der Waals surface area contributed by atoms with E-state index in [1.54, 1.807) is 6.20 Å². The lowest BCUT2D eigenvalue weighted by molar-refractivity contribution is -0.0803. The molecule has 0 bridgehead atoms. The van der Waals surface area contributed by atoms with Crippen LogP contribution in [0.3, 0.4) is 0 Å². The van der Waals surface area contributed by atoms with Gasteiger partial charge in [-0.3, -0.25) is 0 Å². The SMILES string of the molecule is CC(C)NCc1nc(C(C)C)ncc1OC1COC1. The summed E-state index contributed by atoms with van der Waals surface area (Å²) in [6.45, 7) is 10.4. The number of aromatic nitrogens is 2. The van der Waals surface area contributed by atoms with E-state index < -0.39 is 0 Å². The van der Waals surface area contributed by atoms with E-state index in [4.69, 9.17) is 9.47 Å². The van der Waals surface area contributed by atoms with E-state index >= 15 is 0 Å². The summed E-state index contributed by atoms with van der Waals surface area (Å²) in [5.74, 6) is 1.95. The average molecular weight is 265 g/mol. The Bertz CT molecular complexity index is 417. The molecule has 0 saturated carbocycles. The van der Waals surface area contributed by atoms with Crippen LogP contribution in [0.15, 0.2) is 6.20 Å². The highest BCUT2D eigenvalue weighted by Gasteiger charge is 2.22. The summed E-state index contributed by atoms with van der Waals surface area (Å²) in [7, 11) is 0. The molecule has 1 saturated heterocycles. The molecule has 1 aromatic heterocycles. The van der Waals surface area contributed by atoms with E-state index in [-0.39, 0.29) is 6.10 Å². The van der Waals surface area contributed by atoms with Crippen molar-refractivity contribution < 1.29 is 9.47 Å². The molecule has 0 amide bonds. The lowest BCUT2D eigenvalue weighted by Gasteiger charge is -2.27. The molecule has 0 aliphatic carbocycles. The molecule has 1 aromatic rings. The lowest BCUT2D eigenvalue weighted by Crippen LogP contribution is -2.39. The van der Waals surface area contributed by atoms with Crippen LogP contribution in [0.5, 0.6) is 5.75 Å². The fraction of sp³-hybridized carbons (Fsp3) is 0.714. The summed E-state index contributed by atoms with van der Waals surface area (Å²) in [6, 6.07) is 0.414. The van der Waals surface area contributed by atoms with Crippen molar-refractivity contribution >= 4 is 0 Å². The van der Waals surface area contributed by atoms with Gasteiger partial charge in [-0.15, -0.1) is 0 Å². The molecule has 2 rings (SSSR count). The van der Waals surface area contributed by atoms with Gasteiger partial charge in [0.05, 0.1) is 25.1 Å². The van der Waals surface area contributed by atoms with Crippen molar-refractivity contribution in [3.63, 3.8) is 0 Å². The van der Waals surface area contributed by atoms with Gasteiger partial charge < -0.3 is 14.8 Å². The number of rotatable bonds is 6. The average Bonchev–Trinajstić information content (AvgIpc) is 2.31. The molecule has 0 radical (unpaired) electrons. The van der Waals surface area contributed by atoms with Crippen LogP contribution in [-0.2, 0) is 11.3 Å². The maximum absolute atomic E-state index is 5.86. The van der Waals surface area contributed by atoms with E-state index in [9.17, 15) is 0 Å². The van der Waals surface area contributed by atoms with Gasteiger partial charge in [-0.1, -0.05) is 27.7 Å². The third-order valence-electron chi connectivity index (χ3n) is 2.94. The number of nitrogens with one attached hydrogen (secondary N) is 1. The first kappa shape index (κ1) is 14.2. The van der Waals surface area contributed by atoms with Crippen molar-refractivity contribution in [3.8, 4) is 5.75 Å². The number of hydrogen-bond donors (Lipinski definition) is 1. The van der Waals surface area contributed by atoms with Gasteiger partial charge in [0.1, 0.15) is 11.9 Å². The summed E-state index contributed by atoms with van der Waals surface area (Å²) in [6.07, 6.45) is 1.93. The minimum absolute atomic E-state index is 0.145. The van der Waals surface area contributed by atoms with Crippen LogP contribution in [0.4, 0.5) is 0 Å². The van der Waals surface area contributed by atoms with Gasteiger partial charge in [0.15, 0.2) is 5.75 Å². The van der Waals surface area contributed by atoms with Crippen LogP contribution < -0.4 is 10.1 Å². The van der Waals surface area contributed by atoms with Crippen LogP contribution in [0.1, 0.15) is 45.1 Å². The quantitative estimate of drug-likeness (QED) is 0.851. The Morgan fingerprint density at radius 3 is 2.63 bits per heavy atom. The summed E-state index contributed by atoms with van der Waals surface area (Å²) in [5.41, 5.74) is 0.930. The van der Waals surface area contributed by atoms with Crippen molar-refractivity contribution in [2.75, 3.05) is 13.2 Å². The summed E-state index contributed by atoms with van der Waals surface area (Å²) in [4.78, 5) is 8.99. The number of hydrogen-bond acceptors (Lipinski definition) is 5. The minimum Gasteiger partial charge on any atom is -0.482 e. The maximum Gasteiger partial charge on any atom is 0.161 e. The third kappa shape index (κ3) is 3.88. The first-order chi connectivity index (χ1) is 9.06. The largest absolute Gasteiger partial charge is 0.482 e. The van der Waals surface area contributed by atoms with Crippen LogP contribution in [0.2, 0.25) is 0 Å². The van der Waals surface area contributed by atoms with Gasteiger partial charge in [-0.2, -0.15) is 0 Å². The number of nitrogens with zero attached hydrogens (tertiary/aromatic N) is 2. The highest BCUT2D eigenvalue weighted by atomic mass is 16.6. The van der Waals surface area contributed by atoms with Gasteiger partial charge in [-0.25, -0.2) is 9.97 Å². The van der Waals surface area contributed by atoms with Crippen molar-refractivity contribution in [1.29, 1.82) is 0 Å². The second-order valence-electron chi connectivity index (χ2n) is 5.51. The molecule has 0 atom stereocenters. The first-order valence-electron chi connectivity index (χ1n) is 6.90. The molecule has 1 N–H and O–H groups in total. The Morgan fingerprint density at radius 2 is 2.11 bits per heavy atom. The minimum atomic E-state index is 0.145. The fourth-order valence-electron chi connectivity index (χ4n) is 1.69. The first-order valence-corrected chi connectivity index (χ1v) is 6.90. The molecule has 0 unspecified atom stereocenters. The zero-order valence-corrected chi connectivity index (χ0v) is 12.1. The Balaban J connectivity index is 2.13. The molecule has 1 fully saturated rings. The fourth-order valence-corrected chi connectivity index (χ4v) is 1.69. The van der Waals surface area contributed by atoms with Crippen LogP contribution >= 0.6 is 0 Å². The zero-order chi connectivity index (χ0) is 13.8. The standard InChI is InChI=1S/C14H23N3O2/c1-9(2)14-16-6-13(19-11-7-18-8-11)12(17-14)5-15-10(3)4/h6,9-11,15H,5,7-8H2,1-4H3. The monoisotopic (exact) mass is 265 g/mol. The smallest absolute Gasteiger partial charge is 0.161 e. The lowest BCUT2D eigenvalue weighted by atomic mass is 10.2. The van der Waals surface area contributed by atoms with E-state index in [0.717, 1.165) is 17.3 Å². The van der Waals surface area contributed by atoms with Crippen molar-refractivity contribution in [1.82, 2.24) is 15.3 Å². The molecule has 19 heavy (non-hydrogen) atoms. The Kier molecular flexibility index (Phi) is 4.71. The molecule has 106 valence electrons. The Labute approximate surface area is 114 Å². The van der Waals surface area contributed by atoms with Gasteiger partial charge in [0.2, 0.25) is 0 Å². The van der Waals surface area contributed by atoms with Crippen LogP contribution in [0.25, 0.3) is 0 Å². The van der Waals surface area contributed by atoms with Crippen molar-refractivity contribution in [2.45, 2.75) is 52.3 Å². The normalized spacial score (nSPS) is 15.9. The highest BCUT2D eigenvalue weighted by molar-refractivity contribution is 5.26. The van der Waals surface area contributed by atoms with Crippen LogP contribution in [-0.4, -0.2) is 35.3 Å². The molecule has 5 heteroatoms. The van der Waals surface area contributed by atoms with Crippen molar-refractivity contribution in [2.24, 2.45) is 0 Å².